The Labute approximate surface area is 260 Å². The summed E-state index contributed by atoms with van der Waals surface area (Å²) < 4.78 is 0. The fraction of sp³-hybridized carbons (Fsp3) is 0.316. The van der Waals surface area contributed by atoms with Gasteiger partial charge >= 0.3 is 0 Å². The number of aromatic hydroxyl groups is 2. The summed E-state index contributed by atoms with van der Waals surface area (Å²) in [7, 11) is 0. The Morgan fingerprint density at radius 1 is 0.455 bits per heavy atom. The second kappa shape index (κ2) is 9.98. The van der Waals surface area contributed by atoms with Gasteiger partial charge in [0.15, 0.2) is 0 Å². The number of rotatable bonds is 1. The first-order chi connectivity index (χ1) is 20.5. The standard InChI is InChI=1S/C38H40N4O2/c1-36(2,3)33-25-13-11-23(39-25)32(22-20-21(43)10-19-31(22)44)24-12-14-26(40-24)34(37(4,5)6)28-16-18-30(42-28)35(38(7,8)9)29-17-15-27(33)41-29/h10-20,43-44H,1-9H3. The molecule has 5 aliphatic heterocycles. The molecule has 0 saturated heterocycles. The van der Waals surface area contributed by atoms with Crippen LogP contribution < -0.4 is 0 Å². The van der Waals surface area contributed by atoms with Crippen molar-refractivity contribution in [3.05, 3.63) is 112 Å². The first-order valence-corrected chi connectivity index (χ1v) is 15.1. The molecular formula is C38H40N4O2. The molecule has 6 heteroatoms. The summed E-state index contributed by atoms with van der Waals surface area (Å²) in [5, 5.41) is 21.5. The largest absolute Gasteiger partial charge is 0.508 e. The zero-order valence-electron chi connectivity index (χ0n) is 27.0. The third kappa shape index (κ3) is 5.12. The summed E-state index contributed by atoms with van der Waals surface area (Å²) >= 11 is 0. The van der Waals surface area contributed by atoms with Crippen molar-refractivity contribution >= 4 is 28.4 Å². The van der Waals surface area contributed by atoms with Crippen LogP contribution in [-0.4, -0.2) is 33.1 Å². The molecule has 6 nitrogen and oxygen atoms in total. The molecule has 8 bridgehead atoms. The first kappa shape index (κ1) is 29.5. The van der Waals surface area contributed by atoms with Crippen LogP contribution in [0, 0.1) is 16.2 Å². The summed E-state index contributed by atoms with van der Waals surface area (Å²) in [4.78, 5) is 20.8. The van der Waals surface area contributed by atoms with Crippen LogP contribution in [0.25, 0.3) is 5.57 Å². The number of phenolic OH excluding ortho intramolecular Hbond substituents is 2. The maximum absolute atomic E-state index is 11.0. The molecule has 0 aliphatic carbocycles. The predicted molar refractivity (Wildman–Crippen MR) is 182 cm³/mol. The number of hydrogen-bond acceptors (Lipinski definition) is 6. The lowest BCUT2D eigenvalue weighted by molar-refractivity contribution is 0.459. The molecule has 1 aromatic carbocycles. The lowest BCUT2D eigenvalue weighted by Crippen LogP contribution is -2.19. The Morgan fingerprint density at radius 3 is 1.25 bits per heavy atom. The van der Waals surface area contributed by atoms with Crippen molar-refractivity contribution in [2.45, 2.75) is 62.3 Å². The molecule has 224 valence electrons. The summed E-state index contributed by atoms with van der Waals surface area (Å²) in [6.07, 6.45) is 16.3. The Bertz CT molecular complexity index is 1880. The fourth-order valence-electron chi connectivity index (χ4n) is 6.39. The molecule has 1 aromatic rings. The third-order valence-corrected chi connectivity index (χ3v) is 8.11. The molecule has 44 heavy (non-hydrogen) atoms. The van der Waals surface area contributed by atoms with E-state index in [1.807, 2.05) is 24.3 Å². The van der Waals surface area contributed by atoms with Gasteiger partial charge in [-0.3, -0.25) is 0 Å². The summed E-state index contributed by atoms with van der Waals surface area (Å²) in [5.41, 5.74) is 9.94. The Kier molecular flexibility index (Phi) is 6.69. The second-order valence-electron chi connectivity index (χ2n) is 14.8. The van der Waals surface area contributed by atoms with Gasteiger partial charge in [0.2, 0.25) is 0 Å². The van der Waals surface area contributed by atoms with Crippen molar-refractivity contribution in [2.75, 3.05) is 0 Å². The lowest BCUT2D eigenvalue weighted by Gasteiger charge is -2.25. The number of allylic oxidation sites excluding steroid dienone is 12. The van der Waals surface area contributed by atoms with E-state index in [-0.39, 0.29) is 27.7 Å². The zero-order valence-corrected chi connectivity index (χ0v) is 27.0. The molecule has 0 spiro atoms. The van der Waals surface area contributed by atoms with Gasteiger partial charge in [-0.15, -0.1) is 0 Å². The van der Waals surface area contributed by atoms with Gasteiger partial charge in [-0.2, -0.15) is 0 Å². The normalized spacial score (nSPS) is 19.9. The van der Waals surface area contributed by atoms with Crippen LogP contribution in [-0.2, 0) is 0 Å². The van der Waals surface area contributed by atoms with Crippen LogP contribution in [0.1, 0.15) is 67.9 Å². The lowest BCUT2D eigenvalue weighted by atomic mass is 9.82. The number of phenols is 2. The highest BCUT2D eigenvalue weighted by molar-refractivity contribution is 6.33. The summed E-state index contributed by atoms with van der Waals surface area (Å²) in [6, 6.07) is 4.53. The van der Waals surface area contributed by atoms with E-state index in [2.05, 4.69) is 86.6 Å². The summed E-state index contributed by atoms with van der Waals surface area (Å²) in [6.45, 7) is 19.6. The highest BCUT2D eigenvalue weighted by Gasteiger charge is 2.34. The Balaban J connectivity index is 1.74. The van der Waals surface area contributed by atoms with Gasteiger partial charge in [0, 0.05) is 27.9 Å². The van der Waals surface area contributed by atoms with E-state index < -0.39 is 0 Å². The van der Waals surface area contributed by atoms with Crippen LogP contribution in [0.5, 0.6) is 11.5 Å². The maximum atomic E-state index is 11.0. The average Bonchev–Trinajstić information content (AvgIpc) is 3.69. The number of hydrogen-bond donors (Lipinski definition) is 2. The quantitative estimate of drug-likeness (QED) is 0.323. The van der Waals surface area contributed by atoms with E-state index in [0.29, 0.717) is 22.5 Å². The van der Waals surface area contributed by atoms with E-state index in [0.717, 1.165) is 50.9 Å². The highest BCUT2D eigenvalue weighted by Crippen LogP contribution is 2.43. The van der Waals surface area contributed by atoms with Gasteiger partial charge < -0.3 is 10.2 Å². The smallest absolute Gasteiger partial charge is 0.123 e. The molecule has 6 rings (SSSR count). The van der Waals surface area contributed by atoms with Crippen molar-refractivity contribution in [1.82, 2.24) is 0 Å². The number of fused-ring (bicyclic) bond motifs is 4. The molecule has 0 aromatic heterocycles. The van der Waals surface area contributed by atoms with Crippen molar-refractivity contribution in [1.29, 1.82) is 0 Å². The van der Waals surface area contributed by atoms with E-state index in [9.17, 15) is 10.2 Å². The molecule has 0 unspecified atom stereocenters. The molecule has 5 heterocycles. The second-order valence-corrected chi connectivity index (χ2v) is 14.8. The Hall–Kier alpha value is -4.58. The molecule has 0 amide bonds. The minimum atomic E-state index is -0.272. The SMILES string of the molecule is CC(C)(C)C1=C2C=CC(=N2)C(c2cc(O)ccc2O)=C2C=CC(=N2)C(C(C)(C)C)=C2C=CC(=N2)C(C(C)(C)C)=C2C=CC1=N2. The monoisotopic (exact) mass is 584 g/mol. The zero-order chi connectivity index (χ0) is 31.8. The molecule has 5 aliphatic rings. The van der Waals surface area contributed by atoms with Crippen LogP contribution in [0.4, 0.5) is 0 Å². The molecule has 0 fully saturated rings. The van der Waals surface area contributed by atoms with Crippen molar-refractivity contribution < 1.29 is 10.2 Å². The molecule has 0 saturated carbocycles. The van der Waals surface area contributed by atoms with E-state index in [1.165, 1.54) is 12.1 Å². The topological polar surface area (TPSA) is 89.9 Å². The number of aliphatic imine (C=N–C) groups is 4. The maximum Gasteiger partial charge on any atom is 0.123 e. The highest BCUT2D eigenvalue weighted by atomic mass is 16.3. The Morgan fingerprint density at radius 2 is 0.818 bits per heavy atom. The molecule has 2 N–H and O–H groups in total. The first-order valence-electron chi connectivity index (χ1n) is 15.1. The van der Waals surface area contributed by atoms with Crippen molar-refractivity contribution in [3.63, 3.8) is 0 Å². The van der Waals surface area contributed by atoms with Crippen LogP contribution in [0.15, 0.2) is 126 Å². The van der Waals surface area contributed by atoms with Gasteiger partial charge in [-0.05, 0) is 83.1 Å². The minimum absolute atomic E-state index is 0.0382. The van der Waals surface area contributed by atoms with Crippen LogP contribution in [0.3, 0.4) is 0 Å². The number of benzene rings is 1. The van der Waals surface area contributed by atoms with Gasteiger partial charge in [-0.1, -0.05) is 62.3 Å². The van der Waals surface area contributed by atoms with Gasteiger partial charge in [0.25, 0.3) is 0 Å². The average molecular weight is 585 g/mol. The molecular weight excluding hydrogens is 544 g/mol. The molecule has 0 radical (unpaired) electrons. The van der Waals surface area contributed by atoms with E-state index in [1.54, 1.807) is 6.07 Å². The molecule has 0 atom stereocenters. The third-order valence-electron chi connectivity index (χ3n) is 8.11. The summed E-state index contributed by atoms with van der Waals surface area (Å²) in [5.74, 6) is 0.0871. The van der Waals surface area contributed by atoms with Crippen LogP contribution in [0.2, 0.25) is 0 Å². The van der Waals surface area contributed by atoms with Gasteiger partial charge in [0.05, 0.1) is 45.6 Å². The minimum Gasteiger partial charge on any atom is -0.508 e. The van der Waals surface area contributed by atoms with Gasteiger partial charge in [0.1, 0.15) is 11.5 Å². The van der Waals surface area contributed by atoms with Gasteiger partial charge in [-0.25, -0.2) is 20.0 Å². The fourth-order valence-corrected chi connectivity index (χ4v) is 6.39. The predicted octanol–water partition coefficient (Wildman–Crippen LogP) is 8.77. The number of nitrogens with zero attached hydrogens (tertiary/aromatic N) is 4. The van der Waals surface area contributed by atoms with E-state index in [4.69, 9.17) is 20.0 Å². The van der Waals surface area contributed by atoms with E-state index >= 15 is 0 Å². The van der Waals surface area contributed by atoms with Crippen LogP contribution >= 0.6 is 0 Å². The van der Waals surface area contributed by atoms with Crippen molar-refractivity contribution in [3.8, 4) is 11.5 Å². The van der Waals surface area contributed by atoms with Crippen molar-refractivity contribution in [2.24, 2.45) is 36.2 Å².